The lowest BCUT2D eigenvalue weighted by atomic mass is 9.82. The molecule has 0 saturated carbocycles. The van der Waals surface area contributed by atoms with Crippen LogP contribution in [0.4, 0.5) is 17.1 Å². The van der Waals surface area contributed by atoms with Crippen molar-refractivity contribution in [3.63, 3.8) is 0 Å². The van der Waals surface area contributed by atoms with Crippen molar-refractivity contribution in [3.05, 3.63) is 223 Å². The molecular formula is C57H41NO. The predicted octanol–water partition coefficient (Wildman–Crippen LogP) is 16.0. The summed E-state index contributed by atoms with van der Waals surface area (Å²) < 4.78 is 6.49. The summed E-state index contributed by atoms with van der Waals surface area (Å²) in [5, 5.41) is 2.27. The van der Waals surface area contributed by atoms with Gasteiger partial charge in [0.2, 0.25) is 0 Å². The molecule has 0 atom stereocenters. The average Bonchev–Trinajstić information content (AvgIpc) is 3.79. The molecule has 2 nitrogen and oxygen atoms in total. The Balaban J connectivity index is 1.14. The Morgan fingerprint density at radius 2 is 0.949 bits per heavy atom. The van der Waals surface area contributed by atoms with Crippen LogP contribution in [0.1, 0.15) is 25.0 Å². The molecule has 1 aliphatic rings. The third-order valence-electron chi connectivity index (χ3n) is 12.3. The van der Waals surface area contributed by atoms with Crippen molar-refractivity contribution < 1.29 is 4.42 Å². The second-order valence-electron chi connectivity index (χ2n) is 16.1. The van der Waals surface area contributed by atoms with Gasteiger partial charge >= 0.3 is 0 Å². The molecule has 0 N–H and O–H groups in total. The van der Waals surface area contributed by atoms with Crippen LogP contribution in [-0.4, -0.2) is 0 Å². The highest BCUT2D eigenvalue weighted by atomic mass is 16.3. The van der Waals surface area contributed by atoms with Crippen molar-refractivity contribution in [1.82, 2.24) is 0 Å². The lowest BCUT2D eigenvalue weighted by Crippen LogP contribution is -2.17. The van der Waals surface area contributed by atoms with Gasteiger partial charge in [0.1, 0.15) is 11.2 Å². The van der Waals surface area contributed by atoms with Crippen LogP contribution in [0.5, 0.6) is 0 Å². The van der Waals surface area contributed by atoms with Crippen molar-refractivity contribution >= 4 is 39.0 Å². The highest BCUT2D eigenvalue weighted by Crippen LogP contribution is 2.52. The van der Waals surface area contributed by atoms with Gasteiger partial charge in [0.05, 0.1) is 5.69 Å². The van der Waals surface area contributed by atoms with E-state index >= 15 is 0 Å². The van der Waals surface area contributed by atoms with E-state index in [9.17, 15) is 0 Å². The standard InChI is InChI=1S/C57H41NO/c1-57(2)51-27-11-9-22-47(51)48-35-34-44(37-52(48)57)58(43-32-30-40(31-33-43)46-25-14-26-50-49-23-10-12-29-54(49)59-56(46)50)53-28-15-24-45(39-18-7-4-8-19-39)55(53)42-21-13-20-41(36-42)38-16-5-3-6-17-38/h3-37H,1-2H3. The fourth-order valence-corrected chi connectivity index (χ4v) is 9.40. The first-order chi connectivity index (χ1) is 29.0. The second kappa shape index (κ2) is 13.9. The Morgan fingerprint density at radius 3 is 1.78 bits per heavy atom. The smallest absolute Gasteiger partial charge is 0.143 e. The van der Waals surface area contributed by atoms with Gasteiger partial charge in [-0.2, -0.15) is 0 Å². The van der Waals surface area contributed by atoms with Crippen LogP contribution in [-0.2, 0) is 5.41 Å². The molecule has 9 aromatic carbocycles. The van der Waals surface area contributed by atoms with Gasteiger partial charge in [-0.15, -0.1) is 0 Å². The molecule has 0 saturated heterocycles. The Morgan fingerprint density at radius 1 is 0.373 bits per heavy atom. The number of rotatable bonds is 7. The predicted molar refractivity (Wildman–Crippen MR) is 248 cm³/mol. The first-order valence-corrected chi connectivity index (χ1v) is 20.4. The molecule has 1 aromatic heterocycles. The van der Waals surface area contributed by atoms with Gasteiger partial charge in [-0.25, -0.2) is 0 Å². The lowest BCUT2D eigenvalue weighted by Gasteiger charge is -2.31. The van der Waals surface area contributed by atoms with Gasteiger partial charge < -0.3 is 9.32 Å². The molecule has 10 aromatic rings. The normalized spacial score (nSPS) is 12.7. The van der Waals surface area contributed by atoms with E-state index in [4.69, 9.17) is 4.42 Å². The van der Waals surface area contributed by atoms with Crippen molar-refractivity contribution in [2.45, 2.75) is 19.3 Å². The van der Waals surface area contributed by atoms with Crippen LogP contribution in [0, 0.1) is 0 Å². The molecule has 1 aliphatic carbocycles. The van der Waals surface area contributed by atoms with Crippen LogP contribution < -0.4 is 4.90 Å². The van der Waals surface area contributed by atoms with Crippen LogP contribution in [0.2, 0.25) is 0 Å². The van der Waals surface area contributed by atoms with E-state index in [0.717, 1.165) is 55.7 Å². The largest absolute Gasteiger partial charge is 0.455 e. The summed E-state index contributed by atoms with van der Waals surface area (Å²) in [4.78, 5) is 2.46. The maximum absolute atomic E-state index is 6.49. The summed E-state index contributed by atoms with van der Waals surface area (Å²) in [5.41, 5.74) is 19.5. The molecule has 280 valence electrons. The topological polar surface area (TPSA) is 16.4 Å². The number of nitrogens with zero attached hydrogens (tertiary/aromatic N) is 1. The van der Waals surface area contributed by atoms with Crippen molar-refractivity contribution in [2.24, 2.45) is 0 Å². The van der Waals surface area contributed by atoms with Crippen molar-refractivity contribution in [2.75, 3.05) is 4.90 Å². The molecule has 11 rings (SSSR count). The minimum atomic E-state index is -0.151. The Kier molecular flexibility index (Phi) is 8.20. The highest BCUT2D eigenvalue weighted by Gasteiger charge is 2.36. The van der Waals surface area contributed by atoms with Crippen LogP contribution in [0.15, 0.2) is 217 Å². The minimum Gasteiger partial charge on any atom is -0.455 e. The van der Waals surface area contributed by atoms with Gasteiger partial charge in [0.25, 0.3) is 0 Å². The first kappa shape index (κ1) is 34.8. The van der Waals surface area contributed by atoms with Crippen molar-refractivity contribution in [3.8, 4) is 55.6 Å². The molecule has 0 unspecified atom stereocenters. The Hall–Kier alpha value is -7.42. The minimum absolute atomic E-state index is 0.151. The molecule has 0 radical (unpaired) electrons. The highest BCUT2D eigenvalue weighted by molar-refractivity contribution is 6.09. The number of hydrogen-bond acceptors (Lipinski definition) is 2. The van der Waals surface area contributed by atoms with E-state index in [1.165, 1.54) is 50.1 Å². The molecule has 2 heteroatoms. The zero-order valence-corrected chi connectivity index (χ0v) is 33.1. The molecule has 1 heterocycles. The molecule has 0 amide bonds. The number of furan rings is 1. The molecule has 0 aliphatic heterocycles. The number of benzene rings is 9. The van der Waals surface area contributed by atoms with E-state index in [1.807, 2.05) is 12.1 Å². The molecule has 59 heavy (non-hydrogen) atoms. The number of hydrogen-bond donors (Lipinski definition) is 0. The monoisotopic (exact) mass is 755 g/mol. The van der Waals surface area contributed by atoms with Gasteiger partial charge in [-0.1, -0.05) is 184 Å². The summed E-state index contributed by atoms with van der Waals surface area (Å²) in [6.45, 7) is 4.71. The second-order valence-corrected chi connectivity index (χ2v) is 16.1. The average molecular weight is 756 g/mol. The van der Waals surface area contributed by atoms with Crippen LogP contribution in [0.25, 0.3) is 77.6 Å². The zero-order valence-electron chi connectivity index (χ0n) is 33.1. The van der Waals surface area contributed by atoms with E-state index < -0.39 is 0 Å². The van der Waals surface area contributed by atoms with Gasteiger partial charge in [-0.3, -0.25) is 0 Å². The van der Waals surface area contributed by atoms with E-state index in [-0.39, 0.29) is 5.41 Å². The van der Waals surface area contributed by atoms with Crippen molar-refractivity contribution in [1.29, 1.82) is 0 Å². The van der Waals surface area contributed by atoms with Crippen LogP contribution in [0.3, 0.4) is 0 Å². The quantitative estimate of drug-likeness (QED) is 0.161. The summed E-state index contributed by atoms with van der Waals surface area (Å²) in [6.07, 6.45) is 0. The summed E-state index contributed by atoms with van der Waals surface area (Å²) in [7, 11) is 0. The Labute approximate surface area is 345 Å². The van der Waals surface area contributed by atoms with Gasteiger partial charge in [-0.05, 0) is 98.1 Å². The van der Waals surface area contributed by atoms with Gasteiger partial charge in [0.15, 0.2) is 0 Å². The third-order valence-corrected chi connectivity index (χ3v) is 12.3. The summed E-state index contributed by atoms with van der Waals surface area (Å²) in [5.74, 6) is 0. The van der Waals surface area contributed by atoms with E-state index in [2.05, 4.69) is 219 Å². The van der Waals surface area contributed by atoms with E-state index in [0.29, 0.717) is 0 Å². The lowest BCUT2D eigenvalue weighted by molar-refractivity contribution is 0.660. The fourth-order valence-electron chi connectivity index (χ4n) is 9.40. The summed E-state index contributed by atoms with van der Waals surface area (Å²) >= 11 is 0. The fraction of sp³-hybridized carbons (Fsp3) is 0.0526. The zero-order chi connectivity index (χ0) is 39.5. The Bertz CT molecular complexity index is 3170. The number of para-hydroxylation sites is 2. The number of anilines is 3. The molecule has 0 spiro atoms. The molecule has 0 bridgehead atoms. The van der Waals surface area contributed by atoms with E-state index in [1.54, 1.807) is 0 Å². The summed E-state index contributed by atoms with van der Waals surface area (Å²) in [6, 6.07) is 76.9. The number of fused-ring (bicyclic) bond motifs is 6. The maximum atomic E-state index is 6.49. The molecule has 0 fully saturated rings. The van der Waals surface area contributed by atoms with Crippen LogP contribution >= 0.6 is 0 Å². The molecular weight excluding hydrogens is 715 g/mol. The third kappa shape index (κ3) is 5.79. The van der Waals surface area contributed by atoms with Gasteiger partial charge in [0, 0.05) is 38.7 Å². The maximum Gasteiger partial charge on any atom is 0.143 e. The first-order valence-electron chi connectivity index (χ1n) is 20.4. The SMILES string of the molecule is CC1(C)c2ccccc2-c2ccc(N(c3ccc(-c4cccc5c4oc4ccccc45)cc3)c3cccc(-c4ccccc4)c3-c3cccc(-c4ccccc4)c3)cc21.